The summed E-state index contributed by atoms with van der Waals surface area (Å²) in [7, 11) is 1.67. The number of amides is 1. The van der Waals surface area contributed by atoms with Crippen LogP contribution in [-0.4, -0.2) is 67.7 Å². The molecule has 6 heteroatoms. The summed E-state index contributed by atoms with van der Waals surface area (Å²) in [4.78, 5) is 17.4. The molecular weight excluding hydrogens is 338 g/mol. The number of rotatable bonds is 4. The SMILES string of the molecule is COC1(C(=O)N2CCN(C(C)c3ccccc3Cl)CC2)CCNCC1. The topological polar surface area (TPSA) is 44.8 Å². The first kappa shape index (κ1) is 18.6. The molecule has 2 saturated heterocycles. The van der Waals surface area contributed by atoms with Crippen molar-refractivity contribution >= 4 is 17.5 Å². The maximum atomic E-state index is 13.0. The number of hydrogen-bond donors (Lipinski definition) is 1. The normalized spacial score (nSPS) is 22.6. The Morgan fingerprint density at radius 3 is 2.44 bits per heavy atom. The smallest absolute Gasteiger partial charge is 0.254 e. The molecule has 1 unspecified atom stereocenters. The van der Waals surface area contributed by atoms with Crippen molar-refractivity contribution in [3.8, 4) is 0 Å². The predicted octanol–water partition coefficient (Wildman–Crippen LogP) is 2.31. The monoisotopic (exact) mass is 365 g/mol. The standard InChI is InChI=1S/C19H28ClN3O2/c1-15(16-5-3-4-6-17(16)20)22-11-13-23(14-12-22)18(24)19(25-2)7-9-21-10-8-19/h3-6,15,21H,7-14H2,1-2H3. The van der Waals surface area contributed by atoms with Gasteiger partial charge in [0.25, 0.3) is 5.91 Å². The van der Waals surface area contributed by atoms with E-state index in [1.807, 2.05) is 23.1 Å². The van der Waals surface area contributed by atoms with Crippen molar-refractivity contribution in [3.05, 3.63) is 34.9 Å². The van der Waals surface area contributed by atoms with Gasteiger partial charge >= 0.3 is 0 Å². The zero-order valence-corrected chi connectivity index (χ0v) is 15.9. The van der Waals surface area contributed by atoms with E-state index in [2.05, 4.69) is 23.2 Å². The number of carbonyl (C=O) groups is 1. The molecule has 1 N–H and O–H groups in total. The Kier molecular flexibility index (Phi) is 6.00. The fourth-order valence-electron chi connectivity index (χ4n) is 3.95. The Balaban J connectivity index is 1.61. The van der Waals surface area contributed by atoms with E-state index in [4.69, 9.17) is 16.3 Å². The molecule has 2 aliphatic heterocycles. The van der Waals surface area contributed by atoms with E-state index >= 15 is 0 Å². The molecule has 0 spiro atoms. The number of hydrogen-bond acceptors (Lipinski definition) is 4. The van der Waals surface area contributed by atoms with E-state index in [9.17, 15) is 4.79 Å². The molecule has 0 aliphatic carbocycles. The van der Waals surface area contributed by atoms with Crippen LogP contribution in [0.2, 0.25) is 5.02 Å². The molecule has 1 aromatic rings. The van der Waals surface area contributed by atoms with Crippen LogP contribution in [0, 0.1) is 0 Å². The van der Waals surface area contributed by atoms with Gasteiger partial charge in [-0.25, -0.2) is 0 Å². The van der Waals surface area contributed by atoms with E-state index in [0.717, 1.165) is 62.7 Å². The summed E-state index contributed by atoms with van der Waals surface area (Å²) >= 11 is 6.34. The number of carbonyl (C=O) groups excluding carboxylic acids is 1. The molecule has 1 atom stereocenters. The maximum absolute atomic E-state index is 13.0. The highest BCUT2D eigenvalue weighted by Crippen LogP contribution is 2.29. The number of ether oxygens (including phenoxy) is 1. The highest BCUT2D eigenvalue weighted by molar-refractivity contribution is 6.31. The van der Waals surface area contributed by atoms with Gasteiger partial charge in [0.2, 0.25) is 0 Å². The number of piperazine rings is 1. The van der Waals surface area contributed by atoms with Crippen LogP contribution in [0.25, 0.3) is 0 Å². The first-order valence-corrected chi connectivity index (χ1v) is 9.49. The van der Waals surface area contributed by atoms with Gasteiger partial charge < -0.3 is 15.0 Å². The largest absolute Gasteiger partial charge is 0.368 e. The van der Waals surface area contributed by atoms with Gasteiger partial charge in [-0.15, -0.1) is 0 Å². The van der Waals surface area contributed by atoms with Crippen molar-refractivity contribution in [1.29, 1.82) is 0 Å². The molecule has 2 fully saturated rings. The number of nitrogens with one attached hydrogen (secondary N) is 1. The molecule has 0 radical (unpaired) electrons. The Hall–Kier alpha value is -1.14. The van der Waals surface area contributed by atoms with Crippen LogP contribution in [0.5, 0.6) is 0 Å². The first-order chi connectivity index (χ1) is 12.1. The van der Waals surface area contributed by atoms with E-state index in [1.54, 1.807) is 7.11 Å². The third kappa shape index (κ3) is 3.85. The van der Waals surface area contributed by atoms with Gasteiger partial charge in [0.15, 0.2) is 0 Å². The second-order valence-corrected chi connectivity index (χ2v) is 7.38. The van der Waals surface area contributed by atoms with Gasteiger partial charge in [-0.1, -0.05) is 29.8 Å². The summed E-state index contributed by atoms with van der Waals surface area (Å²) in [5.74, 6) is 0.154. The predicted molar refractivity (Wildman–Crippen MR) is 99.9 cm³/mol. The van der Waals surface area contributed by atoms with Crippen molar-refractivity contribution in [2.24, 2.45) is 0 Å². The summed E-state index contributed by atoms with van der Waals surface area (Å²) in [6, 6.07) is 8.25. The molecular formula is C19H28ClN3O2. The van der Waals surface area contributed by atoms with Crippen molar-refractivity contribution in [3.63, 3.8) is 0 Å². The van der Waals surface area contributed by atoms with Crippen LogP contribution < -0.4 is 5.32 Å². The second kappa shape index (κ2) is 8.04. The molecule has 5 nitrogen and oxygen atoms in total. The molecule has 1 amide bonds. The fraction of sp³-hybridized carbons (Fsp3) is 0.632. The lowest BCUT2D eigenvalue weighted by molar-refractivity contribution is -0.160. The van der Waals surface area contributed by atoms with Crippen LogP contribution in [0.3, 0.4) is 0 Å². The number of methoxy groups -OCH3 is 1. The molecule has 2 aliphatic rings. The van der Waals surface area contributed by atoms with Crippen LogP contribution in [-0.2, 0) is 9.53 Å². The van der Waals surface area contributed by atoms with Crippen LogP contribution in [0.1, 0.15) is 31.4 Å². The highest BCUT2D eigenvalue weighted by atomic mass is 35.5. The maximum Gasteiger partial charge on any atom is 0.254 e. The zero-order valence-electron chi connectivity index (χ0n) is 15.1. The van der Waals surface area contributed by atoms with Crippen molar-refractivity contribution in [2.45, 2.75) is 31.4 Å². The molecule has 0 aromatic heterocycles. The average molecular weight is 366 g/mol. The van der Waals surface area contributed by atoms with Gasteiger partial charge in [-0.05, 0) is 44.5 Å². The highest BCUT2D eigenvalue weighted by Gasteiger charge is 2.43. The van der Waals surface area contributed by atoms with Gasteiger partial charge in [0, 0.05) is 44.4 Å². The van der Waals surface area contributed by atoms with E-state index < -0.39 is 5.60 Å². The third-order valence-electron chi connectivity index (χ3n) is 5.70. The van der Waals surface area contributed by atoms with Gasteiger partial charge in [0.05, 0.1) is 0 Å². The average Bonchev–Trinajstić information content (AvgIpc) is 2.68. The van der Waals surface area contributed by atoms with E-state index in [-0.39, 0.29) is 11.9 Å². The molecule has 25 heavy (non-hydrogen) atoms. The molecule has 3 rings (SSSR count). The van der Waals surface area contributed by atoms with Crippen molar-refractivity contribution in [2.75, 3.05) is 46.4 Å². The van der Waals surface area contributed by atoms with Crippen LogP contribution in [0.15, 0.2) is 24.3 Å². The number of nitrogens with zero attached hydrogens (tertiary/aromatic N) is 2. The van der Waals surface area contributed by atoms with E-state index in [1.165, 1.54) is 0 Å². The summed E-state index contributed by atoms with van der Waals surface area (Å²) in [6.07, 6.45) is 1.50. The summed E-state index contributed by atoms with van der Waals surface area (Å²) in [5.41, 5.74) is 0.512. The Morgan fingerprint density at radius 2 is 1.84 bits per heavy atom. The molecule has 0 bridgehead atoms. The Labute approximate surface area is 155 Å². The minimum atomic E-state index is -0.637. The molecule has 0 saturated carbocycles. The first-order valence-electron chi connectivity index (χ1n) is 9.11. The summed E-state index contributed by atoms with van der Waals surface area (Å²) in [5, 5.41) is 4.11. The summed E-state index contributed by atoms with van der Waals surface area (Å²) in [6.45, 7) is 7.05. The minimum Gasteiger partial charge on any atom is -0.368 e. The lowest BCUT2D eigenvalue weighted by Crippen LogP contribution is -2.59. The third-order valence-corrected chi connectivity index (χ3v) is 6.04. The van der Waals surface area contributed by atoms with Crippen molar-refractivity contribution in [1.82, 2.24) is 15.1 Å². The lowest BCUT2D eigenvalue weighted by atomic mass is 9.90. The Bertz CT molecular complexity index is 596. The zero-order chi connectivity index (χ0) is 17.9. The summed E-state index contributed by atoms with van der Waals surface area (Å²) < 4.78 is 5.69. The molecule has 138 valence electrons. The second-order valence-electron chi connectivity index (χ2n) is 6.97. The van der Waals surface area contributed by atoms with Crippen molar-refractivity contribution < 1.29 is 9.53 Å². The van der Waals surface area contributed by atoms with E-state index in [0.29, 0.717) is 0 Å². The van der Waals surface area contributed by atoms with Crippen LogP contribution in [0.4, 0.5) is 0 Å². The molecule has 1 aromatic carbocycles. The Morgan fingerprint density at radius 1 is 1.20 bits per heavy atom. The molecule has 2 heterocycles. The minimum absolute atomic E-state index is 0.154. The van der Waals surface area contributed by atoms with Gasteiger partial charge in [0.1, 0.15) is 5.60 Å². The van der Waals surface area contributed by atoms with Gasteiger partial charge in [-0.3, -0.25) is 9.69 Å². The lowest BCUT2D eigenvalue weighted by Gasteiger charge is -2.43. The quantitative estimate of drug-likeness (QED) is 0.889. The number of benzene rings is 1. The number of halogens is 1. The van der Waals surface area contributed by atoms with Crippen LogP contribution >= 0.6 is 11.6 Å². The fourth-order valence-corrected chi connectivity index (χ4v) is 4.24. The number of piperidine rings is 1. The van der Waals surface area contributed by atoms with Gasteiger partial charge in [-0.2, -0.15) is 0 Å².